The lowest BCUT2D eigenvalue weighted by molar-refractivity contribution is 0.0509. The molecule has 0 aliphatic carbocycles. The molecule has 0 rings (SSSR count). The van der Waals surface area contributed by atoms with Crippen molar-refractivity contribution < 1.29 is 9.90 Å². The van der Waals surface area contributed by atoms with Crippen molar-refractivity contribution in [2.45, 2.75) is 46.1 Å². The average Bonchev–Trinajstić information content (AvgIpc) is 2.17. The fourth-order valence-electron chi connectivity index (χ4n) is 1.52. The quantitative estimate of drug-likeness (QED) is 0.708. The van der Waals surface area contributed by atoms with Gasteiger partial charge in [-0.2, -0.15) is 0 Å². The third-order valence-corrected chi connectivity index (χ3v) is 2.46. The number of aliphatic hydroxyl groups is 1. The molecular weight excluding hydrogens is 192 g/mol. The largest absolute Gasteiger partial charge is 0.388 e. The van der Waals surface area contributed by atoms with Crippen LogP contribution >= 0.6 is 0 Å². The van der Waals surface area contributed by atoms with E-state index in [4.69, 9.17) is 0 Å². The molecule has 0 saturated heterocycles. The zero-order valence-electron chi connectivity index (χ0n) is 10.3. The number of carbonyl (C=O) groups is 1. The zero-order valence-corrected chi connectivity index (χ0v) is 10.3. The molecule has 0 aliphatic rings. The smallest absolute Gasteiger partial charge is 0.317 e. The molecule has 4 nitrogen and oxygen atoms in total. The molecule has 0 heterocycles. The van der Waals surface area contributed by atoms with Gasteiger partial charge in [0.25, 0.3) is 0 Å². The van der Waals surface area contributed by atoms with Crippen molar-refractivity contribution in [2.75, 3.05) is 19.6 Å². The Balaban J connectivity index is 3.98. The third kappa shape index (κ3) is 5.62. The second-order valence-corrected chi connectivity index (χ2v) is 4.08. The van der Waals surface area contributed by atoms with Crippen LogP contribution in [0.5, 0.6) is 0 Å². The van der Waals surface area contributed by atoms with Crippen molar-refractivity contribution in [1.82, 2.24) is 10.2 Å². The van der Waals surface area contributed by atoms with Gasteiger partial charge in [-0.3, -0.25) is 0 Å². The molecule has 0 bridgehead atoms. The Kier molecular flexibility index (Phi) is 6.32. The minimum Gasteiger partial charge on any atom is -0.388 e. The molecule has 15 heavy (non-hydrogen) atoms. The maximum Gasteiger partial charge on any atom is 0.317 e. The summed E-state index contributed by atoms with van der Waals surface area (Å²) < 4.78 is 0. The van der Waals surface area contributed by atoms with E-state index in [0.717, 1.165) is 6.42 Å². The number of amides is 2. The highest BCUT2D eigenvalue weighted by molar-refractivity contribution is 5.74. The molecule has 0 aromatic heterocycles. The van der Waals surface area contributed by atoms with Crippen molar-refractivity contribution in [3.63, 3.8) is 0 Å². The number of carbonyl (C=O) groups excluding carboxylic acids is 1. The molecular formula is C11H24N2O2. The van der Waals surface area contributed by atoms with Gasteiger partial charge in [0.1, 0.15) is 0 Å². The first kappa shape index (κ1) is 14.2. The Morgan fingerprint density at radius 3 is 2.27 bits per heavy atom. The molecule has 2 N–H and O–H groups in total. The van der Waals surface area contributed by atoms with Crippen LogP contribution in [0.4, 0.5) is 4.79 Å². The summed E-state index contributed by atoms with van der Waals surface area (Å²) in [5, 5.41) is 12.6. The number of nitrogens with zero attached hydrogens (tertiary/aromatic N) is 1. The molecule has 0 spiro atoms. The second kappa shape index (κ2) is 6.67. The first-order chi connectivity index (χ1) is 6.96. The maximum absolute atomic E-state index is 11.6. The summed E-state index contributed by atoms with van der Waals surface area (Å²) in [6, 6.07) is -0.101. The van der Waals surface area contributed by atoms with E-state index in [-0.39, 0.29) is 6.03 Å². The Hall–Kier alpha value is -0.770. The van der Waals surface area contributed by atoms with Gasteiger partial charge in [-0.05, 0) is 27.2 Å². The summed E-state index contributed by atoms with van der Waals surface area (Å²) in [7, 11) is 0. The lowest BCUT2D eigenvalue weighted by atomic mass is 10.0. The highest BCUT2D eigenvalue weighted by Gasteiger charge is 2.20. The van der Waals surface area contributed by atoms with Gasteiger partial charge in [0.05, 0.1) is 5.60 Å². The van der Waals surface area contributed by atoms with Crippen molar-refractivity contribution in [1.29, 1.82) is 0 Å². The number of hydrogen-bond acceptors (Lipinski definition) is 2. The van der Waals surface area contributed by atoms with E-state index in [0.29, 0.717) is 26.1 Å². The summed E-state index contributed by atoms with van der Waals surface area (Å²) in [4.78, 5) is 13.3. The first-order valence-corrected chi connectivity index (χ1v) is 5.72. The number of hydrogen-bond donors (Lipinski definition) is 2. The lowest BCUT2D eigenvalue weighted by Gasteiger charge is -2.26. The van der Waals surface area contributed by atoms with Gasteiger partial charge >= 0.3 is 6.03 Å². The summed E-state index contributed by atoms with van der Waals surface area (Å²) >= 11 is 0. The molecule has 2 amide bonds. The van der Waals surface area contributed by atoms with Gasteiger partial charge in [0.2, 0.25) is 0 Å². The first-order valence-electron chi connectivity index (χ1n) is 5.72. The topological polar surface area (TPSA) is 52.6 Å². The number of nitrogens with one attached hydrogen (secondary N) is 1. The Morgan fingerprint density at radius 1 is 1.33 bits per heavy atom. The van der Waals surface area contributed by atoms with E-state index >= 15 is 0 Å². The predicted octanol–water partition coefficient (Wildman–Crippen LogP) is 1.59. The predicted molar refractivity (Wildman–Crippen MR) is 61.9 cm³/mol. The molecule has 1 unspecified atom stereocenters. The zero-order chi connectivity index (χ0) is 11.9. The van der Waals surface area contributed by atoms with Gasteiger partial charge in [0, 0.05) is 19.6 Å². The minimum absolute atomic E-state index is 0.101. The molecule has 0 fully saturated rings. The van der Waals surface area contributed by atoms with E-state index in [1.807, 2.05) is 20.8 Å². The molecule has 4 heteroatoms. The summed E-state index contributed by atoms with van der Waals surface area (Å²) in [6.07, 6.45) is 1.61. The molecule has 90 valence electrons. The highest BCUT2D eigenvalue weighted by atomic mass is 16.3. The summed E-state index contributed by atoms with van der Waals surface area (Å²) in [5.41, 5.74) is -0.794. The van der Waals surface area contributed by atoms with E-state index < -0.39 is 5.60 Å². The van der Waals surface area contributed by atoms with E-state index in [2.05, 4.69) is 5.32 Å². The van der Waals surface area contributed by atoms with Gasteiger partial charge in [-0.25, -0.2) is 4.79 Å². The van der Waals surface area contributed by atoms with Crippen LogP contribution in [0.15, 0.2) is 0 Å². The van der Waals surface area contributed by atoms with Crippen LogP contribution < -0.4 is 5.32 Å². The molecule has 1 atom stereocenters. The maximum atomic E-state index is 11.6. The number of rotatable bonds is 6. The molecule has 0 radical (unpaired) electrons. The summed E-state index contributed by atoms with van der Waals surface area (Å²) in [5.74, 6) is 0. The number of urea groups is 1. The average molecular weight is 216 g/mol. The van der Waals surface area contributed by atoms with Crippen molar-refractivity contribution in [2.24, 2.45) is 0 Å². The highest BCUT2D eigenvalue weighted by Crippen LogP contribution is 2.09. The summed E-state index contributed by atoms with van der Waals surface area (Å²) in [6.45, 7) is 9.34. The van der Waals surface area contributed by atoms with E-state index in [1.165, 1.54) is 0 Å². The van der Waals surface area contributed by atoms with Crippen LogP contribution in [0.2, 0.25) is 0 Å². The van der Waals surface area contributed by atoms with Crippen LogP contribution in [-0.2, 0) is 0 Å². The van der Waals surface area contributed by atoms with Gasteiger partial charge in [-0.15, -0.1) is 0 Å². The monoisotopic (exact) mass is 216 g/mol. The molecule has 0 aliphatic heterocycles. The third-order valence-electron chi connectivity index (χ3n) is 2.46. The standard InChI is InChI=1S/C11H24N2O2/c1-5-8-11(4,15)9-12-10(14)13(6-2)7-3/h15H,5-9H2,1-4H3,(H,12,14). The van der Waals surface area contributed by atoms with E-state index in [9.17, 15) is 9.90 Å². The molecule has 0 aromatic carbocycles. The van der Waals surface area contributed by atoms with Crippen LogP contribution in [0.25, 0.3) is 0 Å². The SMILES string of the molecule is CCCC(C)(O)CNC(=O)N(CC)CC. The Bertz CT molecular complexity index is 189. The molecule has 0 saturated carbocycles. The van der Waals surface area contributed by atoms with Crippen LogP contribution in [-0.4, -0.2) is 41.3 Å². The second-order valence-electron chi connectivity index (χ2n) is 4.08. The fraction of sp³-hybridized carbons (Fsp3) is 0.909. The van der Waals surface area contributed by atoms with Gasteiger partial charge in [0.15, 0.2) is 0 Å². The van der Waals surface area contributed by atoms with Gasteiger partial charge < -0.3 is 15.3 Å². The lowest BCUT2D eigenvalue weighted by Crippen LogP contribution is -2.46. The van der Waals surface area contributed by atoms with Crippen molar-refractivity contribution >= 4 is 6.03 Å². The Labute approximate surface area is 92.7 Å². The van der Waals surface area contributed by atoms with Crippen LogP contribution in [0.1, 0.15) is 40.5 Å². The van der Waals surface area contributed by atoms with Crippen LogP contribution in [0.3, 0.4) is 0 Å². The van der Waals surface area contributed by atoms with Crippen molar-refractivity contribution in [3.05, 3.63) is 0 Å². The van der Waals surface area contributed by atoms with Crippen molar-refractivity contribution in [3.8, 4) is 0 Å². The fourth-order valence-corrected chi connectivity index (χ4v) is 1.52. The Morgan fingerprint density at radius 2 is 1.87 bits per heavy atom. The van der Waals surface area contributed by atoms with Crippen LogP contribution in [0, 0.1) is 0 Å². The normalized spacial score (nSPS) is 14.5. The minimum atomic E-state index is -0.794. The van der Waals surface area contributed by atoms with E-state index in [1.54, 1.807) is 11.8 Å². The molecule has 0 aromatic rings. The van der Waals surface area contributed by atoms with Gasteiger partial charge in [-0.1, -0.05) is 13.3 Å².